The normalized spacial score (nSPS) is 14.0. The molecule has 4 heteroatoms. The first-order valence-electron chi connectivity index (χ1n) is 6.31. The molecule has 0 saturated heterocycles. The highest BCUT2D eigenvalue weighted by Crippen LogP contribution is 2.25. The van der Waals surface area contributed by atoms with Crippen LogP contribution in [0.25, 0.3) is 0 Å². The van der Waals surface area contributed by atoms with Gasteiger partial charge in [0, 0.05) is 31.2 Å². The van der Waals surface area contributed by atoms with E-state index in [-0.39, 0.29) is 5.91 Å². The van der Waals surface area contributed by atoms with Crippen LogP contribution in [0.5, 0.6) is 0 Å². The molecule has 0 fully saturated rings. The number of hydrogen-bond acceptors (Lipinski definition) is 3. The van der Waals surface area contributed by atoms with Gasteiger partial charge in [-0.1, -0.05) is 12.1 Å². The summed E-state index contributed by atoms with van der Waals surface area (Å²) >= 11 is 0. The van der Waals surface area contributed by atoms with Crippen LogP contribution in [-0.4, -0.2) is 22.3 Å². The molecule has 3 rings (SSSR count). The topological polar surface area (TPSA) is 59.2 Å². The van der Waals surface area contributed by atoms with E-state index in [9.17, 15) is 4.79 Å². The molecular weight excluding hydrogens is 238 g/mol. The third-order valence-electron chi connectivity index (χ3n) is 3.51. The van der Waals surface area contributed by atoms with E-state index in [2.05, 4.69) is 11.1 Å². The van der Waals surface area contributed by atoms with Crippen molar-refractivity contribution in [3.05, 3.63) is 59.4 Å². The number of nitrogen functional groups attached to an aromatic ring is 1. The minimum absolute atomic E-state index is 0.0157. The summed E-state index contributed by atoms with van der Waals surface area (Å²) in [5, 5.41) is 0. The monoisotopic (exact) mass is 253 g/mol. The Bertz CT molecular complexity index is 610. The van der Waals surface area contributed by atoms with Crippen LogP contribution in [-0.2, 0) is 13.0 Å². The first-order valence-corrected chi connectivity index (χ1v) is 6.31. The Kier molecular flexibility index (Phi) is 2.91. The minimum atomic E-state index is 0.0157. The van der Waals surface area contributed by atoms with Gasteiger partial charge in [-0.05, 0) is 35.7 Å². The molecule has 1 amide bonds. The summed E-state index contributed by atoms with van der Waals surface area (Å²) in [4.78, 5) is 18.2. The molecular formula is C15H15N3O. The van der Waals surface area contributed by atoms with Crippen LogP contribution in [0.1, 0.15) is 21.5 Å². The van der Waals surface area contributed by atoms with Crippen LogP contribution in [0.3, 0.4) is 0 Å². The number of anilines is 1. The number of rotatable bonds is 1. The predicted octanol–water partition coefficient (Wildman–Crippen LogP) is 1.86. The number of benzene rings is 1. The van der Waals surface area contributed by atoms with Crippen molar-refractivity contribution in [2.45, 2.75) is 13.0 Å². The quantitative estimate of drug-likeness (QED) is 0.789. The van der Waals surface area contributed by atoms with Crippen molar-refractivity contribution >= 4 is 11.6 Å². The molecule has 1 aliphatic heterocycles. The van der Waals surface area contributed by atoms with Gasteiger partial charge < -0.3 is 10.6 Å². The summed E-state index contributed by atoms with van der Waals surface area (Å²) in [5.74, 6) is 0.0157. The average molecular weight is 253 g/mol. The second-order valence-electron chi connectivity index (χ2n) is 4.70. The van der Waals surface area contributed by atoms with Crippen LogP contribution < -0.4 is 5.73 Å². The molecule has 19 heavy (non-hydrogen) atoms. The van der Waals surface area contributed by atoms with Gasteiger partial charge in [0.05, 0.1) is 5.56 Å². The first kappa shape index (κ1) is 11.7. The second kappa shape index (κ2) is 4.72. The fraction of sp³-hybridized carbons (Fsp3) is 0.200. The summed E-state index contributed by atoms with van der Waals surface area (Å²) in [5.41, 5.74) is 9.70. The SMILES string of the molecule is Nc1cccc2c1CN(C(=O)c1cccnc1)CC2. The Hall–Kier alpha value is -2.36. The van der Waals surface area contributed by atoms with E-state index in [1.165, 1.54) is 5.56 Å². The number of aromatic nitrogens is 1. The molecule has 0 atom stereocenters. The lowest BCUT2D eigenvalue weighted by molar-refractivity contribution is 0.0735. The molecule has 2 heterocycles. The molecule has 0 aliphatic carbocycles. The number of fused-ring (bicyclic) bond motifs is 1. The highest BCUT2D eigenvalue weighted by Gasteiger charge is 2.22. The van der Waals surface area contributed by atoms with Gasteiger partial charge in [0.1, 0.15) is 0 Å². The van der Waals surface area contributed by atoms with Gasteiger partial charge >= 0.3 is 0 Å². The maximum Gasteiger partial charge on any atom is 0.255 e. The Morgan fingerprint density at radius 3 is 2.95 bits per heavy atom. The zero-order valence-electron chi connectivity index (χ0n) is 10.5. The molecule has 4 nitrogen and oxygen atoms in total. The average Bonchev–Trinajstić information content (AvgIpc) is 2.47. The van der Waals surface area contributed by atoms with Crippen molar-refractivity contribution in [1.29, 1.82) is 0 Å². The smallest absolute Gasteiger partial charge is 0.255 e. The largest absolute Gasteiger partial charge is 0.398 e. The van der Waals surface area contributed by atoms with Gasteiger partial charge in [0.15, 0.2) is 0 Å². The lowest BCUT2D eigenvalue weighted by Gasteiger charge is -2.29. The van der Waals surface area contributed by atoms with E-state index in [1.54, 1.807) is 24.5 Å². The molecule has 1 aromatic carbocycles. The summed E-state index contributed by atoms with van der Waals surface area (Å²) < 4.78 is 0. The molecule has 0 spiro atoms. The van der Waals surface area contributed by atoms with Crippen LogP contribution in [0.2, 0.25) is 0 Å². The van der Waals surface area contributed by atoms with E-state index < -0.39 is 0 Å². The van der Waals surface area contributed by atoms with Gasteiger partial charge in [-0.25, -0.2) is 0 Å². The van der Waals surface area contributed by atoms with Crippen molar-refractivity contribution in [2.24, 2.45) is 0 Å². The van der Waals surface area contributed by atoms with E-state index in [1.807, 2.05) is 17.0 Å². The van der Waals surface area contributed by atoms with E-state index >= 15 is 0 Å². The number of hydrogen-bond donors (Lipinski definition) is 1. The van der Waals surface area contributed by atoms with Crippen LogP contribution in [0.4, 0.5) is 5.69 Å². The van der Waals surface area contributed by atoms with Gasteiger partial charge in [-0.15, -0.1) is 0 Å². The standard InChI is InChI=1S/C15H15N3O/c16-14-5-1-3-11-6-8-18(10-13(11)14)15(19)12-4-2-7-17-9-12/h1-5,7,9H,6,8,10,16H2. The number of nitrogens with two attached hydrogens (primary N) is 1. The first-order chi connectivity index (χ1) is 9.25. The summed E-state index contributed by atoms with van der Waals surface area (Å²) in [6.07, 6.45) is 4.12. The van der Waals surface area contributed by atoms with Crippen molar-refractivity contribution in [3.63, 3.8) is 0 Å². The third-order valence-corrected chi connectivity index (χ3v) is 3.51. The van der Waals surface area contributed by atoms with Crippen LogP contribution in [0, 0.1) is 0 Å². The molecule has 1 aromatic heterocycles. The van der Waals surface area contributed by atoms with E-state index in [0.717, 1.165) is 24.2 Å². The highest BCUT2D eigenvalue weighted by atomic mass is 16.2. The minimum Gasteiger partial charge on any atom is -0.398 e. The van der Waals surface area contributed by atoms with Gasteiger partial charge in [0.25, 0.3) is 5.91 Å². The zero-order chi connectivity index (χ0) is 13.2. The summed E-state index contributed by atoms with van der Waals surface area (Å²) in [7, 11) is 0. The molecule has 2 N–H and O–H groups in total. The fourth-order valence-corrected chi connectivity index (χ4v) is 2.45. The van der Waals surface area contributed by atoms with Crippen LogP contribution >= 0.6 is 0 Å². The van der Waals surface area contributed by atoms with E-state index in [4.69, 9.17) is 5.73 Å². The number of carbonyl (C=O) groups is 1. The molecule has 0 bridgehead atoms. The molecule has 0 saturated carbocycles. The molecule has 1 aliphatic rings. The Morgan fingerprint density at radius 2 is 2.16 bits per heavy atom. The van der Waals surface area contributed by atoms with Crippen molar-refractivity contribution in [3.8, 4) is 0 Å². The number of amides is 1. The third kappa shape index (κ3) is 2.17. The number of nitrogens with zero attached hydrogens (tertiary/aromatic N) is 2. The fourth-order valence-electron chi connectivity index (χ4n) is 2.45. The van der Waals surface area contributed by atoms with Crippen molar-refractivity contribution < 1.29 is 4.79 Å². The lowest BCUT2D eigenvalue weighted by atomic mass is 9.98. The summed E-state index contributed by atoms with van der Waals surface area (Å²) in [6.45, 7) is 1.31. The van der Waals surface area contributed by atoms with Gasteiger partial charge in [0.2, 0.25) is 0 Å². The highest BCUT2D eigenvalue weighted by molar-refractivity contribution is 5.94. The number of carbonyl (C=O) groups excluding carboxylic acids is 1. The Morgan fingerprint density at radius 1 is 1.26 bits per heavy atom. The molecule has 2 aromatic rings. The van der Waals surface area contributed by atoms with E-state index in [0.29, 0.717) is 12.1 Å². The molecule has 0 unspecified atom stereocenters. The maximum absolute atomic E-state index is 12.4. The molecule has 0 radical (unpaired) electrons. The van der Waals surface area contributed by atoms with Crippen LogP contribution in [0.15, 0.2) is 42.7 Å². The Balaban J connectivity index is 1.86. The van der Waals surface area contributed by atoms with Crippen molar-refractivity contribution in [1.82, 2.24) is 9.88 Å². The second-order valence-corrected chi connectivity index (χ2v) is 4.70. The zero-order valence-corrected chi connectivity index (χ0v) is 10.5. The van der Waals surface area contributed by atoms with Crippen molar-refractivity contribution in [2.75, 3.05) is 12.3 Å². The number of pyridine rings is 1. The Labute approximate surface area is 111 Å². The predicted molar refractivity (Wildman–Crippen MR) is 73.5 cm³/mol. The van der Waals surface area contributed by atoms with Gasteiger partial charge in [-0.2, -0.15) is 0 Å². The summed E-state index contributed by atoms with van der Waals surface area (Å²) in [6, 6.07) is 9.50. The lowest BCUT2D eigenvalue weighted by Crippen LogP contribution is -2.36. The molecule has 96 valence electrons. The van der Waals surface area contributed by atoms with Gasteiger partial charge in [-0.3, -0.25) is 9.78 Å². The maximum atomic E-state index is 12.4.